The van der Waals surface area contributed by atoms with Gasteiger partial charge in [0.15, 0.2) is 8.32 Å². The number of ether oxygens (including phenoxy) is 2. The van der Waals surface area contributed by atoms with E-state index in [0.29, 0.717) is 17.1 Å². The molecule has 0 spiro atoms. The smallest absolute Gasteiger partial charge is 0.430 e. The van der Waals surface area contributed by atoms with Crippen LogP contribution in [0.3, 0.4) is 0 Å². The van der Waals surface area contributed by atoms with E-state index in [2.05, 4.69) is 25.8 Å². The van der Waals surface area contributed by atoms with Gasteiger partial charge in [-0.25, -0.2) is 9.78 Å². The van der Waals surface area contributed by atoms with Gasteiger partial charge in [-0.1, -0.05) is 55.6 Å². The van der Waals surface area contributed by atoms with E-state index in [1.807, 2.05) is 18.4 Å². The molecule has 170 valence electrons. The molecule has 1 aromatic heterocycles. The minimum Gasteiger partial charge on any atom is -0.430 e. The molecule has 11 heteroatoms. The van der Waals surface area contributed by atoms with Crippen LogP contribution >= 0.6 is 46.1 Å². The Kier molecular flexibility index (Phi) is 11.9. The fourth-order valence-corrected chi connectivity index (χ4v) is 6.52. The van der Waals surface area contributed by atoms with Crippen LogP contribution < -0.4 is 0 Å². The second kappa shape index (κ2) is 13.0. The molecule has 6 nitrogen and oxygen atoms in total. The highest BCUT2D eigenvalue weighted by atomic mass is 35.6. The standard InChI is InChI=1S/C19H28Cl3NO5SSi/c1-5-30(6-2,7-3)28-16(8-9-24)14(4)10-15-12-29-17(23-15)11-26-18(25)27-13-19(20,21)22/h9-10,12,16H,5-8,11,13H2,1-4H3/b14-10+/t16-/m0/s1. The highest BCUT2D eigenvalue weighted by molar-refractivity contribution is 7.09. The minimum atomic E-state index is -1.86. The number of aldehydes is 1. The van der Waals surface area contributed by atoms with Crippen molar-refractivity contribution >= 4 is 73.0 Å². The second-order valence-corrected chi connectivity index (χ2v) is 14.9. The molecule has 0 amide bonds. The topological polar surface area (TPSA) is 74.7 Å². The van der Waals surface area contributed by atoms with Crippen molar-refractivity contribution in [3.8, 4) is 0 Å². The molecular formula is C19H28Cl3NO5SSi. The van der Waals surface area contributed by atoms with Crippen LogP contribution in [0.2, 0.25) is 18.1 Å². The third-order valence-corrected chi connectivity index (χ3v) is 10.6. The van der Waals surface area contributed by atoms with E-state index < -0.39 is 24.9 Å². The van der Waals surface area contributed by atoms with Crippen LogP contribution in [0.1, 0.15) is 44.8 Å². The van der Waals surface area contributed by atoms with Gasteiger partial charge < -0.3 is 18.7 Å². The predicted molar refractivity (Wildman–Crippen MR) is 125 cm³/mol. The van der Waals surface area contributed by atoms with Crippen molar-refractivity contribution in [1.82, 2.24) is 4.98 Å². The van der Waals surface area contributed by atoms with Gasteiger partial charge in [0.05, 0.1) is 11.8 Å². The molecule has 0 saturated carbocycles. The Balaban J connectivity index is 2.76. The molecule has 0 saturated heterocycles. The highest BCUT2D eigenvalue weighted by Gasteiger charge is 2.32. The Morgan fingerprint density at radius 2 is 1.87 bits per heavy atom. The fraction of sp³-hybridized carbons (Fsp3) is 0.632. The minimum absolute atomic E-state index is 0.0535. The largest absolute Gasteiger partial charge is 0.508 e. The van der Waals surface area contributed by atoms with Crippen LogP contribution in [-0.4, -0.2) is 42.2 Å². The second-order valence-electron chi connectivity index (χ2n) is 6.75. The maximum atomic E-state index is 11.5. The van der Waals surface area contributed by atoms with Crippen LogP contribution in [0.15, 0.2) is 11.0 Å². The molecule has 30 heavy (non-hydrogen) atoms. The number of aromatic nitrogens is 1. The lowest BCUT2D eigenvalue weighted by molar-refractivity contribution is -0.109. The van der Waals surface area contributed by atoms with Crippen molar-refractivity contribution in [3.63, 3.8) is 0 Å². The van der Waals surface area contributed by atoms with Crippen LogP contribution in [0.5, 0.6) is 0 Å². The first-order chi connectivity index (χ1) is 14.1. The van der Waals surface area contributed by atoms with Gasteiger partial charge in [-0.05, 0) is 36.7 Å². The van der Waals surface area contributed by atoms with Crippen molar-refractivity contribution in [2.45, 2.75) is 68.8 Å². The van der Waals surface area contributed by atoms with Crippen LogP contribution in [-0.2, 0) is 25.3 Å². The number of nitrogens with zero attached hydrogens (tertiary/aromatic N) is 1. The van der Waals surface area contributed by atoms with Gasteiger partial charge in [0, 0.05) is 11.8 Å². The quantitative estimate of drug-likeness (QED) is 0.136. The molecule has 0 aliphatic carbocycles. The van der Waals surface area contributed by atoms with Crippen molar-refractivity contribution < 1.29 is 23.5 Å². The van der Waals surface area contributed by atoms with Gasteiger partial charge >= 0.3 is 6.16 Å². The molecule has 1 atom stereocenters. The summed E-state index contributed by atoms with van der Waals surface area (Å²) in [6.45, 7) is 7.95. The number of carbonyl (C=O) groups is 2. The fourth-order valence-electron chi connectivity index (χ4n) is 2.80. The summed E-state index contributed by atoms with van der Waals surface area (Å²) in [4.78, 5) is 27.2. The monoisotopic (exact) mass is 515 g/mol. The summed E-state index contributed by atoms with van der Waals surface area (Å²) in [5, 5.41) is 2.43. The van der Waals surface area contributed by atoms with Gasteiger partial charge in [-0.3, -0.25) is 0 Å². The molecule has 1 heterocycles. The number of alkyl halides is 3. The molecule has 0 aromatic carbocycles. The number of rotatable bonds is 12. The lowest BCUT2D eigenvalue weighted by atomic mass is 10.1. The van der Waals surface area contributed by atoms with Crippen LogP contribution in [0.4, 0.5) is 4.79 Å². The van der Waals surface area contributed by atoms with Crippen molar-refractivity contribution in [2.75, 3.05) is 6.61 Å². The van der Waals surface area contributed by atoms with E-state index in [4.69, 9.17) is 48.7 Å². The first kappa shape index (κ1) is 27.4. The van der Waals surface area contributed by atoms with E-state index in [0.717, 1.165) is 30.0 Å². The Bertz CT molecular complexity index is 711. The molecule has 0 aliphatic heterocycles. The number of hydrogen-bond acceptors (Lipinski definition) is 7. The Morgan fingerprint density at radius 1 is 1.23 bits per heavy atom. The number of hydrogen-bond donors (Lipinski definition) is 0. The van der Waals surface area contributed by atoms with E-state index in [1.165, 1.54) is 11.3 Å². The molecule has 1 aromatic rings. The summed E-state index contributed by atoms with van der Waals surface area (Å²) in [5.41, 5.74) is 1.65. The third-order valence-electron chi connectivity index (χ3n) is 4.76. The Morgan fingerprint density at radius 3 is 2.40 bits per heavy atom. The van der Waals surface area contributed by atoms with Gasteiger partial charge in [0.2, 0.25) is 3.79 Å². The zero-order valence-corrected chi connectivity index (χ0v) is 21.7. The summed E-state index contributed by atoms with van der Waals surface area (Å²) in [7, 11) is -1.86. The van der Waals surface area contributed by atoms with Crippen molar-refractivity contribution in [3.05, 3.63) is 21.7 Å². The Hall–Kier alpha value is -0.643. The summed E-state index contributed by atoms with van der Waals surface area (Å²) in [6.07, 6.45) is 1.91. The van der Waals surface area contributed by atoms with Gasteiger partial charge in [0.1, 0.15) is 24.5 Å². The van der Waals surface area contributed by atoms with Gasteiger partial charge in [-0.2, -0.15) is 0 Å². The van der Waals surface area contributed by atoms with E-state index in [9.17, 15) is 9.59 Å². The third kappa shape index (κ3) is 9.66. The molecular weight excluding hydrogens is 489 g/mol. The average Bonchev–Trinajstić information content (AvgIpc) is 3.15. The average molecular weight is 517 g/mol. The van der Waals surface area contributed by atoms with Crippen molar-refractivity contribution in [2.24, 2.45) is 0 Å². The lowest BCUT2D eigenvalue weighted by Gasteiger charge is -2.33. The molecule has 0 radical (unpaired) electrons. The normalized spacial score (nSPS) is 13.8. The zero-order valence-electron chi connectivity index (χ0n) is 17.6. The van der Waals surface area contributed by atoms with E-state index in [1.54, 1.807) is 0 Å². The first-order valence-corrected chi connectivity index (χ1v) is 14.2. The van der Waals surface area contributed by atoms with Crippen LogP contribution in [0.25, 0.3) is 6.08 Å². The summed E-state index contributed by atoms with van der Waals surface area (Å²) >= 11 is 17.9. The molecule has 0 N–H and O–H groups in total. The predicted octanol–water partition coefficient (Wildman–Crippen LogP) is 6.55. The molecule has 0 unspecified atom stereocenters. The lowest BCUT2D eigenvalue weighted by Crippen LogP contribution is -2.40. The maximum Gasteiger partial charge on any atom is 0.508 e. The van der Waals surface area contributed by atoms with Crippen molar-refractivity contribution in [1.29, 1.82) is 0 Å². The van der Waals surface area contributed by atoms with Crippen LogP contribution in [0, 0.1) is 0 Å². The molecule has 0 bridgehead atoms. The maximum absolute atomic E-state index is 11.5. The van der Waals surface area contributed by atoms with Gasteiger partial charge in [0.25, 0.3) is 0 Å². The zero-order chi connectivity index (χ0) is 22.8. The first-order valence-electron chi connectivity index (χ1n) is 9.68. The number of thiazole rings is 1. The summed E-state index contributed by atoms with van der Waals surface area (Å²) in [5.74, 6) is 0. The number of carbonyl (C=O) groups excluding carboxylic acids is 2. The Labute approximate surface area is 198 Å². The SMILES string of the molecule is CC[Si](CC)(CC)O[C@@H](CC=O)/C(C)=C/c1csc(COC(=O)OCC(Cl)(Cl)Cl)n1. The van der Waals surface area contributed by atoms with E-state index in [-0.39, 0.29) is 12.7 Å². The number of halogens is 3. The highest BCUT2D eigenvalue weighted by Crippen LogP contribution is 2.28. The summed E-state index contributed by atoms with van der Waals surface area (Å²) in [6, 6.07) is 3.03. The van der Waals surface area contributed by atoms with Gasteiger partial charge in [-0.15, -0.1) is 11.3 Å². The summed E-state index contributed by atoms with van der Waals surface area (Å²) < 4.78 is 14.5. The van der Waals surface area contributed by atoms with E-state index >= 15 is 0 Å². The molecule has 0 fully saturated rings. The molecule has 1 rings (SSSR count). The molecule has 0 aliphatic rings.